The first-order chi connectivity index (χ1) is 18.5. The number of imide groups is 1. The van der Waals surface area contributed by atoms with Crippen LogP contribution in [-0.4, -0.2) is 84.2 Å². The number of likely N-dealkylation sites (tertiary alicyclic amines) is 1. The fourth-order valence-electron chi connectivity index (χ4n) is 5.79. The second kappa shape index (κ2) is 12.2. The lowest BCUT2D eigenvalue weighted by atomic mass is 9.82. The Morgan fingerprint density at radius 1 is 1.23 bits per heavy atom. The summed E-state index contributed by atoms with van der Waals surface area (Å²) in [5.41, 5.74) is -0.868. The van der Waals surface area contributed by atoms with Gasteiger partial charge in [-0.25, -0.2) is 14.1 Å². The Bertz CT molecular complexity index is 1040. The number of nitrogens with one attached hydrogen (secondary N) is 1. The summed E-state index contributed by atoms with van der Waals surface area (Å²) in [5, 5.41) is 13.0. The van der Waals surface area contributed by atoms with Crippen LogP contribution in [0.25, 0.3) is 0 Å². The monoisotopic (exact) mass is 550 g/mol. The number of carbonyl (C=O) groups excluding carboxylic acids is 2. The summed E-state index contributed by atoms with van der Waals surface area (Å²) in [7, 11) is 0. The number of benzene rings is 1. The van der Waals surface area contributed by atoms with Gasteiger partial charge in [-0.1, -0.05) is 6.07 Å². The Morgan fingerprint density at radius 2 is 1.97 bits per heavy atom. The van der Waals surface area contributed by atoms with Gasteiger partial charge in [0.05, 0.1) is 50.5 Å². The molecule has 2 atom stereocenters. The van der Waals surface area contributed by atoms with Gasteiger partial charge < -0.3 is 29.4 Å². The van der Waals surface area contributed by atoms with E-state index in [0.29, 0.717) is 50.1 Å². The number of hydrogen-bond donors (Lipinski definition) is 2. The fourth-order valence-corrected chi connectivity index (χ4v) is 5.79. The van der Waals surface area contributed by atoms with E-state index >= 15 is 0 Å². The van der Waals surface area contributed by atoms with Gasteiger partial charge in [0.1, 0.15) is 17.2 Å². The smallest absolute Gasteiger partial charge is 0.414 e. The van der Waals surface area contributed by atoms with Crippen molar-refractivity contribution >= 4 is 18.0 Å². The highest BCUT2D eigenvalue weighted by molar-refractivity contribution is 5.95. The summed E-state index contributed by atoms with van der Waals surface area (Å²) < 4.78 is 37.8. The number of hydrogen-bond acceptors (Lipinski definition) is 8. The minimum atomic E-state index is -1.29. The van der Waals surface area contributed by atoms with Crippen molar-refractivity contribution in [2.45, 2.75) is 88.5 Å². The van der Waals surface area contributed by atoms with Crippen molar-refractivity contribution < 1.29 is 42.8 Å². The molecule has 1 saturated carbocycles. The highest BCUT2D eigenvalue weighted by Gasteiger charge is 2.55. The van der Waals surface area contributed by atoms with E-state index in [1.54, 1.807) is 32.9 Å². The third-order valence-corrected chi connectivity index (χ3v) is 7.54. The largest absolute Gasteiger partial charge is 0.493 e. The lowest BCUT2D eigenvalue weighted by molar-refractivity contribution is -0.155. The maximum absolute atomic E-state index is 14.9. The average molecular weight is 551 g/mol. The number of morpholine rings is 1. The SMILES string of the molecule is CC(C)(C)OC(=O)CCOc1cccc(F)c1C1CCC(OCC2N(C(=O)O)C(=O)CC23COCCN3)CC1. The molecule has 3 aliphatic rings. The molecule has 2 aliphatic heterocycles. The lowest BCUT2D eigenvalue weighted by Gasteiger charge is -2.40. The van der Waals surface area contributed by atoms with E-state index in [9.17, 15) is 23.9 Å². The number of ether oxygens (including phenoxy) is 4. The van der Waals surface area contributed by atoms with Crippen LogP contribution < -0.4 is 10.1 Å². The molecule has 2 N–H and O–H groups in total. The van der Waals surface area contributed by atoms with Crippen LogP contribution in [0.3, 0.4) is 0 Å². The van der Waals surface area contributed by atoms with Crippen molar-refractivity contribution in [2.24, 2.45) is 0 Å². The number of halogens is 1. The van der Waals surface area contributed by atoms with Crippen LogP contribution in [-0.2, 0) is 23.8 Å². The molecular weight excluding hydrogens is 511 g/mol. The zero-order chi connectivity index (χ0) is 28.2. The van der Waals surface area contributed by atoms with Gasteiger partial charge in [0, 0.05) is 18.5 Å². The summed E-state index contributed by atoms with van der Waals surface area (Å²) in [4.78, 5) is 37.2. The molecule has 0 radical (unpaired) electrons. The molecule has 10 nitrogen and oxygen atoms in total. The molecule has 0 aromatic heterocycles. The van der Waals surface area contributed by atoms with Crippen LogP contribution in [0.4, 0.5) is 9.18 Å². The van der Waals surface area contributed by atoms with Gasteiger partial charge >= 0.3 is 12.1 Å². The first-order valence-corrected chi connectivity index (χ1v) is 13.6. The molecule has 1 aliphatic carbocycles. The van der Waals surface area contributed by atoms with Crippen molar-refractivity contribution in [3.05, 3.63) is 29.6 Å². The van der Waals surface area contributed by atoms with Crippen LogP contribution in [0.5, 0.6) is 5.75 Å². The summed E-state index contributed by atoms with van der Waals surface area (Å²) in [6.07, 6.45) is 1.30. The first kappa shape index (κ1) is 29.2. The molecule has 2 saturated heterocycles. The number of esters is 1. The Balaban J connectivity index is 1.33. The summed E-state index contributed by atoms with van der Waals surface area (Å²) >= 11 is 0. The molecule has 2 amide bonds. The quantitative estimate of drug-likeness (QED) is 0.467. The summed E-state index contributed by atoms with van der Waals surface area (Å²) in [6.45, 7) is 6.83. The Morgan fingerprint density at radius 3 is 2.62 bits per heavy atom. The zero-order valence-electron chi connectivity index (χ0n) is 22.9. The van der Waals surface area contributed by atoms with Gasteiger partial charge in [-0.15, -0.1) is 0 Å². The fraction of sp³-hybridized carbons (Fsp3) is 0.679. The highest BCUT2D eigenvalue weighted by atomic mass is 19.1. The molecule has 216 valence electrons. The minimum Gasteiger partial charge on any atom is -0.493 e. The molecule has 39 heavy (non-hydrogen) atoms. The van der Waals surface area contributed by atoms with Gasteiger partial charge in [-0.3, -0.25) is 9.59 Å². The molecule has 0 bridgehead atoms. The lowest BCUT2D eigenvalue weighted by Crippen LogP contribution is -2.63. The molecule has 2 unspecified atom stereocenters. The highest BCUT2D eigenvalue weighted by Crippen LogP contribution is 2.40. The standard InChI is InChI=1S/C28H39FN2O8/c1-27(2,3)39-24(33)11-13-37-21-6-4-5-20(29)25(21)18-7-9-19(10-8-18)38-16-22-28(17-36-14-12-30-28)15-23(32)31(22)26(34)35/h4-6,18-19,22,30H,7-17H2,1-3H3,(H,34,35). The number of nitrogens with zero attached hydrogens (tertiary/aromatic N) is 1. The van der Waals surface area contributed by atoms with Gasteiger partial charge in [0.15, 0.2) is 0 Å². The maximum atomic E-state index is 14.9. The van der Waals surface area contributed by atoms with E-state index in [2.05, 4.69) is 5.32 Å². The topological polar surface area (TPSA) is 124 Å². The van der Waals surface area contributed by atoms with Crippen molar-refractivity contribution in [2.75, 3.05) is 33.0 Å². The second-order valence-corrected chi connectivity index (χ2v) is 11.5. The second-order valence-electron chi connectivity index (χ2n) is 11.5. The van der Waals surface area contributed by atoms with Gasteiger partial charge in [0.25, 0.3) is 0 Å². The normalized spacial score (nSPS) is 27.5. The first-order valence-electron chi connectivity index (χ1n) is 13.6. The minimum absolute atomic E-state index is 0.0457. The Labute approximate surface area is 228 Å². The molecule has 1 spiro atoms. The zero-order valence-corrected chi connectivity index (χ0v) is 22.9. The van der Waals surface area contributed by atoms with Gasteiger partial charge in [0.2, 0.25) is 5.91 Å². The van der Waals surface area contributed by atoms with E-state index in [1.807, 2.05) is 0 Å². The Kier molecular flexibility index (Phi) is 9.13. The number of carbonyl (C=O) groups is 3. The van der Waals surface area contributed by atoms with E-state index < -0.39 is 29.2 Å². The van der Waals surface area contributed by atoms with Gasteiger partial charge in [-0.2, -0.15) is 0 Å². The molecule has 1 aromatic rings. The van der Waals surface area contributed by atoms with E-state index in [4.69, 9.17) is 18.9 Å². The molecule has 1 aromatic carbocycles. The molecule has 3 fully saturated rings. The maximum Gasteiger partial charge on any atom is 0.414 e. The summed E-state index contributed by atoms with van der Waals surface area (Å²) in [5.74, 6) is -0.835. The number of amides is 2. The van der Waals surface area contributed by atoms with E-state index in [-0.39, 0.29) is 56.5 Å². The number of carboxylic acid groups (broad SMARTS) is 1. The molecule has 11 heteroatoms. The molecule has 2 heterocycles. The van der Waals surface area contributed by atoms with Crippen LogP contribution in [0, 0.1) is 5.82 Å². The van der Waals surface area contributed by atoms with Gasteiger partial charge in [-0.05, 0) is 64.5 Å². The van der Waals surface area contributed by atoms with Crippen molar-refractivity contribution in [1.82, 2.24) is 10.2 Å². The molecule has 4 rings (SSSR count). The predicted molar refractivity (Wildman–Crippen MR) is 138 cm³/mol. The van der Waals surface area contributed by atoms with Crippen LogP contribution >= 0.6 is 0 Å². The van der Waals surface area contributed by atoms with Crippen LogP contribution in [0.2, 0.25) is 0 Å². The van der Waals surface area contributed by atoms with E-state index in [1.165, 1.54) is 6.07 Å². The van der Waals surface area contributed by atoms with E-state index in [0.717, 1.165) is 4.90 Å². The van der Waals surface area contributed by atoms with Crippen LogP contribution in [0.15, 0.2) is 18.2 Å². The molecular formula is C28H39FN2O8. The average Bonchev–Trinajstić information content (AvgIpc) is 3.12. The number of rotatable bonds is 8. The van der Waals surface area contributed by atoms with Crippen molar-refractivity contribution in [3.63, 3.8) is 0 Å². The Hall–Kier alpha value is -2.76. The third kappa shape index (κ3) is 7.06. The predicted octanol–water partition coefficient (Wildman–Crippen LogP) is 3.62. The van der Waals surface area contributed by atoms with Crippen molar-refractivity contribution in [3.8, 4) is 5.75 Å². The third-order valence-electron chi connectivity index (χ3n) is 7.54. The van der Waals surface area contributed by atoms with Crippen molar-refractivity contribution in [1.29, 1.82) is 0 Å². The van der Waals surface area contributed by atoms with Crippen LogP contribution in [0.1, 0.15) is 70.8 Å². The summed E-state index contributed by atoms with van der Waals surface area (Å²) in [6, 6.07) is 4.03.